The number of alkyl halides is 2. The van der Waals surface area contributed by atoms with Crippen LogP contribution in [0.15, 0.2) is 53.9 Å². The maximum atomic E-state index is 14.6. The zero-order valence-corrected chi connectivity index (χ0v) is 17.1. The summed E-state index contributed by atoms with van der Waals surface area (Å²) in [7, 11) is -2.62. The van der Waals surface area contributed by atoms with Gasteiger partial charge in [0, 0.05) is 50.0 Å². The second-order valence-electron chi connectivity index (χ2n) is 7.20. The van der Waals surface area contributed by atoms with Crippen LogP contribution in [0, 0.1) is 5.82 Å². The van der Waals surface area contributed by atoms with Gasteiger partial charge in [-0.25, -0.2) is 31.6 Å². The first-order valence-electron chi connectivity index (χ1n) is 9.25. The van der Waals surface area contributed by atoms with Crippen LogP contribution in [0.25, 0.3) is 0 Å². The van der Waals surface area contributed by atoms with Crippen molar-refractivity contribution in [2.45, 2.75) is 35.7 Å². The lowest BCUT2D eigenvalue weighted by Crippen LogP contribution is -2.22. The second-order valence-corrected chi connectivity index (χ2v) is 8.85. The van der Waals surface area contributed by atoms with Crippen LogP contribution >= 0.6 is 0 Å². The van der Waals surface area contributed by atoms with Crippen molar-refractivity contribution in [3.8, 4) is 5.75 Å². The highest BCUT2D eigenvalue weighted by molar-refractivity contribution is 7.92. The topological polar surface area (TPSA) is 99.0 Å². The van der Waals surface area contributed by atoms with E-state index in [0.717, 1.165) is 18.5 Å². The van der Waals surface area contributed by atoms with E-state index in [1.54, 1.807) is 13.1 Å². The van der Waals surface area contributed by atoms with Gasteiger partial charge in [0.05, 0.1) is 0 Å². The van der Waals surface area contributed by atoms with Crippen molar-refractivity contribution in [3.05, 3.63) is 60.6 Å². The smallest absolute Gasteiger partial charge is 0.265 e. The largest absolute Gasteiger partial charge is 0.489 e. The summed E-state index contributed by atoms with van der Waals surface area (Å²) in [5, 5.41) is 4.01. The normalized spacial score (nSPS) is 20.5. The van der Waals surface area contributed by atoms with Crippen molar-refractivity contribution >= 4 is 15.8 Å². The first-order chi connectivity index (χ1) is 14.6. The number of aryl methyl sites for hydroxylation is 1. The molecule has 0 radical (unpaired) electrons. The Bertz CT molecular complexity index is 1190. The lowest BCUT2D eigenvalue weighted by atomic mass is 10.0. The van der Waals surface area contributed by atoms with Crippen LogP contribution in [0.5, 0.6) is 5.75 Å². The molecule has 4 rings (SSSR count). The van der Waals surface area contributed by atoms with Gasteiger partial charge < -0.3 is 4.74 Å². The summed E-state index contributed by atoms with van der Waals surface area (Å²) in [4.78, 5) is 6.78. The molecule has 3 aromatic rings. The highest BCUT2D eigenvalue weighted by Gasteiger charge is 2.49. The molecular formula is C19H18F3N5O3S. The van der Waals surface area contributed by atoms with Crippen LogP contribution in [0.4, 0.5) is 19.0 Å². The number of sulfonamides is 1. The van der Waals surface area contributed by atoms with Crippen molar-refractivity contribution in [1.29, 1.82) is 0 Å². The number of nitrogens with zero attached hydrogens (tertiary/aromatic N) is 4. The van der Waals surface area contributed by atoms with Crippen molar-refractivity contribution in [2.75, 3.05) is 4.72 Å². The molecule has 2 heterocycles. The molecule has 1 N–H and O–H groups in total. The minimum Gasteiger partial charge on any atom is -0.489 e. The van der Waals surface area contributed by atoms with Gasteiger partial charge in [0.1, 0.15) is 34.7 Å². The molecule has 1 aliphatic carbocycles. The van der Waals surface area contributed by atoms with Gasteiger partial charge in [-0.3, -0.25) is 9.40 Å². The van der Waals surface area contributed by atoms with Crippen molar-refractivity contribution < 1.29 is 26.3 Å². The second kappa shape index (κ2) is 7.84. The van der Waals surface area contributed by atoms with E-state index >= 15 is 0 Å². The molecule has 12 heteroatoms. The lowest BCUT2D eigenvalue weighted by molar-refractivity contribution is -0.00138. The van der Waals surface area contributed by atoms with Gasteiger partial charge in [0.25, 0.3) is 15.9 Å². The van der Waals surface area contributed by atoms with Gasteiger partial charge in [-0.2, -0.15) is 5.10 Å². The van der Waals surface area contributed by atoms with E-state index in [9.17, 15) is 21.6 Å². The van der Waals surface area contributed by atoms with Crippen LogP contribution in [0.3, 0.4) is 0 Å². The van der Waals surface area contributed by atoms with Crippen molar-refractivity contribution in [2.24, 2.45) is 7.05 Å². The predicted molar refractivity (Wildman–Crippen MR) is 104 cm³/mol. The van der Waals surface area contributed by atoms with Gasteiger partial charge in [-0.05, 0) is 24.3 Å². The molecule has 164 valence electrons. The van der Waals surface area contributed by atoms with E-state index in [2.05, 4.69) is 19.8 Å². The van der Waals surface area contributed by atoms with Crippen LogP contribution in [0.1, 0.15) is 24.5 Å². The van der Waals surface area contributed by atoms with E-state index in [0.29, 0.717) is 5.69 Å². The Labute approximate surface area is 176 Å². The van der Waals surface area contributed by atoms with E-state index < -0.39 is 51.5 Å². The zero-order valence-electron chi connectivity index (χ0n) is 16.2. The van der Waals surface area contributed by atoms with Gasteiger partial charge in [0.2, 0.25) is 0 Å². The third-order valence-corrected chi connectivity index (χ3v) is 6.40. The minimum absolute atomic E-state index is 0.0260. The van der Waals surface area contributed by atoms with Gasteiger partial charge in [-0.1, -0.05) is 0 Å². The Kier molecular flexibility index (Phi) is 5.33. The fourth-order valence-corrected chi connectivity index (χ4v) is 4.70. The first kappa shape index (κ1) is 21.1. The molecule has 8 nitrogen and oxygen atoms in total. The fraction of sp³-hybridized carbons (Fsp3) is 0.316. The standard InChI is InChI=1S/C19H18F3N5O3S/c1-27-15(4-7-25-27)13-9-19(21,22)10-16(13)30-12-2-3-17(14(20)8-12)31(28,29)26-18-5-6-23-11-24-18/h2-8,11,13,16H,9-10H2,1H3,(H,23,24,26). The summed E-state index contributed by atoms with van der Waals surface area (Å²) >= 11 is 0. The Hall–Kier alpha value is -3.15. The predicted octanol–water partition coefficient (Wildman–Crippen LogP) is 3.11. The molecule has 1 aromatic carbocycles. The summed E-state index contributed by atoms with van der Waals surface area (Å²) in [5.74, 6) is -4.74. The van der Waals surface area contributed by atoms with Crippen LogP contribution in [-0.2, 0) is 17.1 Å². The van der Waals surface area contributed by atoms with Gasteiger partial charge >= 0.3 is 0 Å². The lowest BCUT2D eigenvalue weighted by Gasteiger charge is -2.21. The number of ether oxygens (including phenoxy) is 1. The Morgan fingerprint density at radius 2 is 2.00 bits per heavy atom. The van der Waals surface area contributed by atoms with E-state index in [1.807, 2.05) is 0 Å². The van der Waals surface area contributed by atoms with Crippen molar-refractivity contribution in [1.82, 2.24) is 19.7 Å². The highest BCUT2D eigenvalue weighted by Crippen LogP contribution is 2.46. The number of benzene rings is 1. The molecule has 2 aromatic heterocycles. The first-order valence-corrected chi connectivity index (χ1v) is 10.7. The Morgan fingerprint density at radius 1 is 1.19 bits per heavy atom. The van der Waals surface area contributed by atoms with Crippen LogP contribution in [0.2, 0.25) is 0 Å². The molecule has 1 aliphatic rings. The van der Waals surface area contributed by atoms with E-state index in [1.165, 1.54) is 29.2 Å². The maximum absolute atomic E-state index is 14.6. The number of hydrogen-bond donors (Lipinski definition) is 1. The number of aromatic nitrogens is 4. The molecular weight excluding hydrogens is 435 g/mol. The number of anilines is 1. The Balaban J connectivity index is 1.56. The quantitative estimate of drug-likeness (QED) is 0.616. The average Bonchev–Trinajstić information content (AvgIpc) is 3.23. The number of rotatable bonds is 6. The summed E-state index contributed by atoms with van der Waals surface area (Å²) in [6.45, 7) is 0. The van der Waals surface area contributed by atoms with Gasteiger partial charge in [0.15, 0.2) is 0 Å². The average molecular weight is 453 g/mol. The monoisotopic (exact) mass is 453 g/mol. The summed E-state index contributed by atoms with van der Waals surface area (Å²) in [5.41, 5.74) is 0.580. The number of hydrogen-bond acceptors (Lipinski definition) is 6. The maximum Gasteiger partial charge on any atom is 0.265 e. The van der Waals surface area contributed by atoms with Crippen LogP contribution in [-0.4, -0.2) is 40.2 Å². The zero-order chi connectivity index (χ0) is 22.2. The Morgan fingerprint density at radius 3 is 2.65 bits per heavy atom. The molecule has 0 bridgehead atoms. The van der Waals surface area contributed by atoms with Gasteiger partial charge in [-0.15, -0.1) is 0 Å². The molecule has 1 fully saturated rings. The molecule has 0 aliphatic heterocycles. The van der Waals surface area contributed by atoms with E-state index in [4.69, 9.17) is 4.74 Å². The SMILES string of the molecule is Cn1nccc1C1CC(F)(F)CC1Oc1ccc(S(=O)(=O)Nc2ccncn2)c(F)c1. The highest BCUT2D eigenvalue weighted by atomic mass is 32.2. The molecule has 0 saturated heterocycles. The fourth-order valence-electron chi connectivity index (χ4n) is 3.63. The molecule has 0 spiro atoms. The summed E-state index contributed by atoms with van der Waals surface area (Å²) in [6, 6.07) is 6.06. The third kappa shape index (κ3) is 4.48. The van der Waals surface area contributed by atoms with Crippen LogP contribution < -0.4 is 9.46 Å². The van der Waals surface area contributed by atoms with Crippen molar-refractivity contribution in [3.63, 3.8) is 0 Å². The molecule has 31 heavy (non-hydrogen) atoms. The third-order valence-electron chi connectivity index (χ3n) is 5.01. The molecule has 2 atom stereocenters. The number of nitrogens with one attached hydrogen (secondary N) is 1. The minimum atomic E-state index is -4.26. The molecule has 2 unspecified atom stereocenters. The molecule has 0 amide bonds. The van der Waals surface area contributed by atoms with E-state index in [-0.39, 0.29) is 11.6 Å². The summed E-state index contributed by atoms with van der Waals surface area (Å²) in [6.07, 6.45) is 2.09. The summed E-state index contributed by atoms with van der Waals surface area (Å²) < 4.78 is 77.0. The molecule has 1 saturated carbocycles. The number of halogens is 3.